The standard InChI is InChI=1S/C4H2Br2O3.C4H2Cl2O3/c2*5-2(1-7)3(6)4(8)9/h2*1H,(H,8,9). The molecule has 0 heterocycles. The summed E-state index contributed by atoms with van der Waals surface area (Å²) in [6.07, 6.45) is 0.566. The summed E-state index contributed by atoms with van der Waals surface area (Å²) in [4.78, 5) is 39.4. The first-order valence-corrected chi connectivity index (χ1v) is 6.00. The fraction of sp³-hybridized carbons (Fsp3) is 0. The van der Waals surface area contributed by atoms with Crippen molar-refractivity contribution in [3.05, 3.63) is 19.0 Å². The molecule has 0 atom stereocenters. The van der Waals surface area contributed by atoms with E-state index in [1.54, 1.807) is 0 Å². The van der Waals surface area contributed by atoms with Crippen LogP contribution in [-0.4, -0.2) is 34.7 Å². The Labute approximate surface area is 127 Å². The molecule has 0 aliphatic heterocycles. The number of carboxylic acids is 2. The lowest BCUT2D eigenvalue weighted by atomic mass is 10.5. The van der Waals surface area contributed by atoms with Gasteiger partial charge in [-0.1, -0.05) is 23.2 Å². The van der Waals surface area contributed by atoms with Crippen LogP contribution >= 0.6 is 55.1 Å². The van der Waals surface area contributed by atoms with Gasteiger partial charge in [0.15, 0.2) is 12.6 Å². The van der Waals surface area contributed by atoms with Gasteiger partial charge >= 0.3 is 11.9 Å². The lowest BCUT2D eigenvalue weighted by Crippen LogP contribution is -1.96. The van der Waals surface area contributed by atoms with Gasteiger partial charge in [-0.05, 0) is 31.9 Å². The van der Waals surface area contributed by atoms with Crippen molar-refractivity contribution in [2.24, 2.45) is 0 Å². The molecule has 0 saturated heterocycles. The van der Waals surface area contributed by atoms with Crippen molar-refractivity contribution < 1.29 is 29.4 Å². The summed E-state index contributed by atoms with van der Waals surface area (Å²) in [5.41, 5.74) is 0. The number of carbonyl (C=O) groups excluding carboxylic acids is 2. The molecule has 0 spiro atoms. The maximum absolute atomic E-state index is 10.0. The van der Waals surface area contributed by atoms with Crippen molar-refractivity contribution in [2.75, 3.05) is 0 Å². The minimum atomic E-state index is -1.41. The summed E-state index contributed by atoms with van der Waals surface area (Å²) >= 11 is 15.4. The van der Waals surface area contributed by atoms with Crippen LogP contribution in [0.1, 0.15) is 0 Å². The second kappa shape index (κ2) is 10.2. The third kappa shape index (κ3) is 8.40. The zero-order valence-electron chi connectivity index (χ0n) is 8.19. The van der Waals surface area contributed by atoms with Crippen LogP contribution in [0.4, 0.5) is 0 Å². The number of hydrogen-bond acceptors (Lipinski definition) is 4. The van der Waals surface area contributed by atoms with E-state index in [2.05, 4.69) is 31.9 Å². The molecule has 0 radical (unpaired) electrons. The largest absolute Gasteiger partial charge is 0.477 e. The van der Waals surface area contributed by atoms with Crippen molar-refractivity contribution >= 4 is 79.6 Å². The predicted octanol–water partition coefficient (Wildman–Crippen LogP) is 2.23. The van der Waals surface area contributed by atoms with E-state index in [9.17, 15) is 19.2 Å². The predicted molar refractivity (Wildman–Crippen MR) is 71.0 cm³/mol. The average molecular weight is 427 g/mol. The van der Waals surface area contributed by atoms with Gasteiger partial charge in [-0.2, -0.15) is 0 Å². The molecule has 0 saturated carbocycles. The molecule has 0 unspecified atom stereocenters. The molecule has 100 valence electrons. The van der Waals surface area contributed by atoms with E-state index in [1.165, 1.54) is 0 Å². The van der Waals surface area contributed by atoms with Gasteiger partial charge in [-0.25, -0.2) is 9.59 Å². The Morgan fingerprint density at radius 1 is 0.944 bits per heavy atom. The summed E-state index contributed by atoms with van der Waals surface area (Å²) in [6.45, 7) is 0. The van der Waals surface area contributed by atoms with Crippen LogP contribution in [0.5, 0.6) is 0 Å². The normalized spacial score (nSPS) is 12.2. The summed E-state index contributed by atoms with van der Waals surface area (Å²) < 4.78 is -0.174. The Bertz CT molecular complexity index is 389. The van der Waals surface area contributed by atoms with Gasteiger partial charge in [-0.15, -0.1) is 0 Å². The average Bonchev–Trinajstić information content (AvgIpc) is 2.35. The summed E-state index contributed by atoms with van der Waals surface area (Å²) in [7, 11) is 0. The highest BCUT2D eigenvalue weighted by Gasteiger charge is 2.07. The number of carbonyl (C=O) groups is 4. The Kier molecular flexibility index (Phi) is 11.2. The third-order valence-corrected chi connectivity index (χ3v) is 3.62. The first-order chi connectivity index (χ1) is 8.18. The van der Waals surface area contributed by atoms with Crippen LogP contribution in [0.15, 0.2) is 19.0 Å². The van der Waals surface area contributed by atoms with E-state index in [0.29, 0.717) is 6.29 Å². The Balaban J connectivity index is 0. The molecular weight excluding hydrogens is 423 g/mol. The SMILES string of the molecule is O=CC(Br)=C(Br)C(=O)O.O=CC(Cl)=C(Cl)C(=O)O. The van der Waals surface area contributed by atoms with Crippen molar-refractivity contribution in [1.29, 1.82) is 0 Å². The first kappa shape index (κ1) is 19.6. The van der Waals surface area contributed by atoms with E-state index in [-0.39, 0.29) is 15.3 Å². The highest BCUT2D eigenvalue weighted by molar-refractivity contribution is 9.14. The van der Waals surface area contributed by atoms with Crippen molar-refractivity contribution in [1.82, 2.24) is 0 Å². The second-order valence-corrected chi connectivity index (χ2v) is 4.60. The van der Waals surface area contributed by atoms with Crippen LogP contribution in [0.25, 0.3) is 0 Å². The minimum Gasteiger partial charge on any atom is -0.477 e. The maximum Gasteiger partial charge on any atom is 0.348 e. The van der Waals surface area contributed by atoms with Gasteiger partial charge in [0.1, 0.15) is 14.5 Å². The minimum absolute atomic E-state index is 0.00463. The molecular formula is C8H4Br2Cl2O6. The molecule has 0 aliphatic carbocycles. The van der Waals surface area contributed by atoms with Gasteiger partial charge in [0.05, 0.1) is 4.48 Å². The zero-order chi connectivity index (χ0) is 14.9. The summed E-state index contributed by atoms with van der Waals surface area (Å²) in [6, 6.07) is 0. The molecule has 0 rings (SSSR count). The van der Waals surface area contributed by atoms with Crippen molar-refractivity contribution in [3.8, 4) is 0 Å². The van der Waals surface area contributed by atoms with Gasteiger partial charge in [0.25, 0.3) is 0 Å². The highest BCUT2D eigenvalue weighted by atomic mass is 79.9. The molecule has 10 heteroatoms. The fourth-order valence-electron chi connectivity index (χ4n) is 0.308. The number of aldehydes is 2. The van der Waals surface area contributed by atoms with Crippen LogP contribution in [0.3, 0.4) is 0 Å². The number of hydrogen-bond donors (Lipinski definition) is 2. The molecule has 0 fully saturated rings. The Morgan fingerprint density at radius 2 is 1.39 bits per heavy atom. The van der Waals surface area contributed by atoms with E-state index >= 15 is 0 Å². The number of halogens is 4. The fourth-order valence-corrected chi connectivity index (χ4v) is 0.696. The Morgan fingerprint density at radius 3 is 1.50 bits per heavy atom. The quantitative estimate of drug-likeness (QED) is 0.527. The molecule has 2 N–H and O–H groups in total. The smallest absolute Gasteiger partial charge is 0.348 e. The third-order valence-electron chi connectivity index (χ3n) is 1.00. The number of aliphatic carboxylic acids is 2. The number of allylic oxidation sites excluding steroid dienone is 2. The zero-order valence-corrected chi connectivity index (χ0v) is 12.9. The van der Waals surface area contributed by atoms with Crippen LogP contribution in [-0.2, 0) is 19.2 Å². The lowest BCUT2D eigenvalue weighted by molar-refractivity contribution is -0.132. The van der Waals surface area contributed by atoms with Gasteiger partial charge < -0.3 is 10.2 Å². The topological polar surface area (TPSA) is 109 Å². The Hall–Kier alpha value is -0.700. The van der Waals surface area contributed by atoms with E-state index in [4.69, 9.17) is 33.4 Å². The van der Waals surface area contributed by atoms with E-state index < -0.39 is 22.0 Å². The molecule has 0 aromatic heterocycles. The molecule has 0 aromatic carbocycles. The number of carboxylic acid groups (broad SMARTS) is 2. The highest BCUT2D eigenvalue weighted by Crippen LogP contribution is 2.15. The molecule has 18 heavy (non-hydrogen) atoms. The molecule has 6 nitrogen and oxygen atoms in total. The first-order valence-electron chi connectivity index (χ1n) is 3.66. The van der Waals surface area contributed by atoms with Crippen molar-refractivity contribution in [3.63, 3.8) is 0 Å². The lowest BCUT2D eigenvalue weighted by Gasteiger charge is -1.87. The van der Waals surface area contributed by atoms with Crippen LogP contribution < -0.4 is 0 Å². The summed E-state index contributed by atoms with van der Waals surface area (Å²) in [5.74, 6) is -2.58. The van der Waals surface area contributed by atoms with Crippen molar-refractivity contribution in [2.45, 2.75) is 0 Å². The molecule has 0 aromatic rings. The summed E-state index contributed by atoms with van der Waals surface area (Å²) in [5, 5.41) is 15.1. The van der Waals surface area contributed by atoms with Crippen LogP contribution in [0.2, 0.25) is 0 Å². The number of rotatable bonds is 4. The molecule has 0 aliphatic rings. The molecule has 0 amide bonds. The van der Waals surface area contributed by atoms with E-state index in [1.807, 2.05) is 0 Å². The van der Waals surface area contributed by atoms with Gasteiger partial charge in [-0.3, -0.25) is 9.59 Å². The van der Waals surface area contributed by atoms with E-state index in [0.717, 1.165) is 0 Å². The molecule has 0 bridgehead atoms. The van der Waals surface area contributed by atoms with Gasteiger partial charge in [0, 0.05) is 0 Å². The monoisotopic (exact) mass is 424 g/mol. The maximum atomic E-state index is 10.0. The van der Waals surface area contributed by atoms with Crippen LogP contribution in [0, 0.1) is 0 Å². The second-order valence-electron chi connectivity index (χ2n) is 2.17. The van der Waals surface area contributed by atoms with Gasteiger partial charge in [0.2, 0.25) is 0 Å².